The largest absolute Gasteiger partial charge is 0.493 e. The molecule has 0 atom stereocenters. The van der Waals surface area contributed by atoms with Gasteiger partial charge in [-0.1, -0.05) is 12.1 Å². The van der Waals surface area contributed by atoms with Crippen molar-refractivity contribution in [1.82, 2.24) is 9.97 Å². The number of anilines is 2. The Morgan fingerprint density at radius 3 is 2.41 bits per heavy atom. The Kier molecular flexibility index (Phi) is 6.23. The molecule has 3 rings (SSSR count). The second-order valence-electron chi connectivity index (χ2n) is 6.19. The maximum absolute atomic E-state index is 13.0. The zero-order valence-corrected chi connectivity index (χ0v) is 16.3. The summed E-state index contributed by atoms with van der Waals surface area (Å²) < 4.78 is 23.5. The third-order valence-corrected chi connectivity index (χ3v) is 4.10. The van der Waals surface area contributed by atoms with Gasteiger partial charge >= 0.3 is 0 Å². The first-order valence-electron chi connectivity index (χ1n) is 8.86. The molecule has 0 spiro atoms. The van der Waals surface area contributed by atoms with E-state index in [0.29, 0.717) is 35.4 Å². The van der Waals surface area contributed by atoms with Crippen molar-refractivity contribution in [1.29, 1.82) is 0 Å². The average Bonchev–Trinajstić information content (AvgIpc) is 2.72. The fraction of sp³-hybridized carbons (Fsp3) is 0.190. The molecule has 1 aromatic heterocycles. The van der Waals surface area contributed by atoms with Gasteiger partial charge in [-0.05, 0) is 36.8 Å². The lowest BCUT2D eigenvalue weighted by molar-refractivity contribution is 0.102. The Morgan fingerprint density at radius 1 is 1.00 bits per heavy atom. The van der Waals surface area contributed by atoms with Gasteiger partial charge in [-0.25, -0.2) is 14.4 Å². The molecular formula is C21H21FN4O3. The number of nitrogens with zero attached hydrogens (tertiary/aromatic N) is 2. The van der Waals surface area contributed by atoms with Gasteiger partial charge in [0.2, 0.25) is 0 Å². The van der Waals surface area contributed by atoms with Gasteiger partial charge in [-0.2, -0.15) is 0 Å². The highest BCUT2D eigenvalue weighted by molar-refractivity contribution is 6.03. The topological polar surface area (TPSA) is 85.4 Å². The number of benzene rings is 2. The summed E-state index contributed by atoms with van der Waals surface area (Å²) >= 11 is 0. The molecule has 0 aliphatic rings. The van der Waals surface area contributed by atoms with E-state index in [1.54, 1.807) is 50.4 Å². The van der Waals surface area contributed by atoms with Crippen LogP contribution in [0.25, 0.3) is 0 Å². The number of carbonyl (C=O) groups excluding carboxylic acids is 1. The van der Waals surface area contributed by atoms with Gasteiger partial charge in [0, 0.05) is 24.4 Å². The third-order valence-electron chi connectivity index (χ3n) is 4.10. The number of hydrogen-bond donors (Lipinski definition) is 2. The molecule has 0 unspecified atom stereocenters. The summed E-state index contributed by atoms with van der Waals surface area (Å²) in [6.45, 7) is 2.14. The van der Waals surface area contributed by atoms with Gasteiger partial charge in [0.1, 0.15) is 23.2 Å². The van der Waals surface area contributed by atoms with E-state index < -0.39 is 0 Å². The quantitative estimate of drug-likeness (QED) is 0.632. The van der Waals surface area contributed by atoms with Gasteiger partial charge in [0.05, 0.1) is 14.2 Å². The minimum absolute atomic E-state index is 0.217. The van der Waals surface area contributed by atoms with E-state index in [1.807, 2.05) is 0 Å². The Morgan fingerprint density at radius 2 is 1.72 bits per heavy atom. The summed E-state index contributed by atoms with van der Waals surface area (Å²) in [6.07, 6.45) is 0. The SMILES string of the molecule is COc1ccc(NC(=O)c2cc(NCc3ccc(F)cc3)nc(C)n2)cc1OC. The minimum Gasteiger partial charge on any atom is -0.493 e. The van der Waals surface area contributed by atoms with Crippen LogP contribution in [-0.2, 0) is 6.54 Å². The van der Waals surface area contributed by atoms with E-state index in [9.17, 15) is 9.18 Å². The minimum atomic E-state index is -0.382. The maximum Gasteiger partial charge on any atom is 0.274 e. The molecule has 29 heavy (non-hydrogen) atoms. The zero-order chi connectivity index (χ0) is 20.8. The number of rotatable bonds is 7. The summed E-state index contributed by atoms with van der Waals surface area (Å²) in [5, 5.41) is 5.91. The molecule has 150 valence electrons. The number of amides is 1. The van der Waals surface area contributed by atoms with Crippen molar-refractivity contribution in [3.05, 3.63) is 71.4 Å². The average molecular weight is 396 g/mol. The number of hydrogen-bond acceptors (Lipinski definition) is 6. The van der Waals surface area contributed by atoms with Crippen LogP contribution in [0.1, 0.15) is 21.9 Å². The third kappa shape index (κ3) is 5.19. The highest BCUT2D eigenvalue weighted by atomic mass is 19.1. The predicted octanol–water partition coefficient (Wildman–Crippen LogP) is 3.81. The van der Waals surface area contributed by atoms with E-state index >= 15 is 0 Å². The second kappa shape index (κ2) is 9.01. The summed E-state index contributed by atoms with van der Waals surface area (Å²) in [5.74, 6) is 1.35. The first-order chi connectivity index (χ1) is 14.0. The lowest BCUT2D eigenvalue weighted by Crippen LogP contribution is -2.16. The highest BCUT2D eigenvalue weighted by Crippen LogP contribution is 2.29. The normalized spacial score (nSPS) is 10.3. The fourth-order valence-electron chi connectivity index (χ4n) is 2.68. The number of methoxy groups -OCH3 is 2. The summed E-state index contributed by atoms with van der Waals surface area (Å²) in [4.78, 5) is 21.1. The molecule has 2 N–H and O–H groups in total. The molecule has 0 saturated carbocycles. The number of aromatic nitrogens is 2. The molecule has 3 aromatic rings. The molecule has 0 bridgehead atoms. The molecular weight excluding hydrogens is 375 g/mol. The number of ether oxygens (including phenoxy) is 2. The summed E-state index contributed by atoms with van der Waals surface area (Å²) in [5.41, 5.74) is 1.65. The van der Waals surface area contributed by atoms with Crippen LogP contribution in [-0.4, -0.2) is 30.1 Å². The van der Waals surface area contributed by atoms with Crippen molar-refractivity contribution in [3.63, 3.8) is 0 Å². The molecule has 0 radical (unpaired) electrons. The first kappa shape index (κ1) is 20.1. The van der Waals surface area contributed by atoms with Crippen molar-refractivity contribution in [2.24, 2.45) is 0 Å². The molecule has 0 fully saturated rings. The van der Waals surface area contributed by atoms with E-state index in [0.717, 1.165) is 5.56 Å². The monoisotopic (exact) mass is 396 g/mol. The number of aryl methyl sites for hydroxylation is 1. The molecule has 2 aromatic carbocycles. The van der Waals surface area contributed by atoms with E-state index in [2.05, 4.69) is 20.6 Å². The molecule has 0 aliphatic carbocycles. The van der Waals surface area contributed by atoms with Crippen LogP contribution in [0.15, 0.2) is 48.5 Å². The van der Waals surface area contributed by atoms with Crippen LogP contribution in [0, 0.1) is 12.7 Å². The van der Waals surface area contributed by atoms with Gasteiger partial charge in [-0.3, -0.25) is 4.79 Å². The lowest BCUT2D eigenvalue weighted by Gasteiger charge is -2.11. The smallest absolute Gasteiger partial charge is 0.274 e. The second-order valence-corrected chi connectivity index (χ2v) is 6.19. The Hall–Kier alpha value is -3.68. The molecule has 7 nitrogen and oxygen atoms in total. The molecule has 8 heteroatoms. The fourth-order valence-corrected chi connectivity index (χ4v) is 2.68. The van der Waals surface area contributed by atoms with Crippen molar-refractivity contribution in [2.45, 2.75) is 13.5 Å². The Bertz CT molecular complexity index is 1010. The predicted molar refractivity (Wildman–Crippen MR) is 108 cm³/mol. The van der Waals surface area contributed by atoms with Gasteiger partial charge in [0.25, 0.3) is 5.91 Å². The first-order valence-corrected chi connectivity index (χ1v) is 8.86. The van der Waals surface area contributed by atoms with Crippen molar-refractivity contribution in [2.75, 3.05) is 24.9 Å². The lowest BCUT2D eigenvalue weighted by atomic mass is 10.2. The Labute approximate surface area is 167 Å². The summed E-state index contributed by atoms with van der Waals surface area (Å²) in [6, 6.07) is 12.8. The van der Waals surface area contributed by atoms with E-state index in [-0.39, 0.29) is 17.4 Å². The molecule has 1 heterocycles. The molecule has 1 amide bonds. The van der Waals surface area contributed by atoms with Crippen molar-refractivity contribution >= 4 is 17.4 Å². The van der Waals surface area contributed by atoms with Crippen LogP contribution in [0.3, 0.4) is 0 Å². The van der Waals surface area contributed by atoms with E-state index in [1.165, 1.54) is 19.2 Å². The van der Waals surface area contributed by atoms with Crippen molar-refractivity contribution < 1.29 is 18.7 Å². The number of nitrogens with one attached hydrogen (secondary N) is 2. The van der Waals surface area contributed by atoms with Crippen LogP contribution in [0.2, 0.25) is 0 Å². The van der Waals surface area contributed by atoms with Crippen LogP contribution in [0.5, 0.6) is 11.5 Å². The number of carbonyl (C=O) groups is 1. The van der Waals surface area contributed by atoms with Crippen LogP contribution in [0.4, 0.5) is 15.9 Å². The van der Waals surface area contributed by atoms with E-state index in [4.69, 9.17) is 9.47 Å². The Balaban J connectivity index is 1.73. The van der Waals surface area contributed by atoms with Gasteiger partial charge < -0.3 is 20.1 Å². The highest BCUT2D eigenvalue weighted by Gasteiger charge is 2.13. The maximum atomic E-state index is 13.0. The van der Waals surface area contributed by atoms with Crippen LogP contribution >= 0.6 is 0 Å². The zero-order valence-electron chi connectivity index (χ0n) is 16.3. The van der Waals surface area contributed by atoms with Gasteiger partial charge in [0.15, 0.2) is 11.5 Å². The number of halogens is 1. The molecule has 0 saturated heterocycles. The standard InChI is InChI=1S/C21H21FN4O3/c1-13-24-17(11-20(25-13)23-12-14-4-6-15(22)7-5-14)21(27)26-16-8-9-18(28-2)19(10-16)29-3/h4-11H,12H2,1-3H3,(H,26,27)(H,23,24,25). The van der Waals surface area contributed by atoms with Crippen molar-refractivity contribution in [3.8, 4) is 11.5 Å². The molecule has 0 aliphatic heterocycles. The van der Waals surface area contributed by atoms with Crippen LogP contribution < -0.4 is 20.1 Å². The van der Waals surface area contributed by atoms with Gasteiger partial charge in [-0.15, -0.1) is 0 Å². The summed E-state index contributed by atoms with van der Waals surface area (Å²) in [7, 11) is 3.07.